The van der Waals surface area contributed by atoms with E-state index in [1.165, 1.54) is 38.5 Å². The van der Waals surface area contributed by atoms with Crippen molar-refractivity contribution in [1.29, 1.82) is 0 Å². The van der Waals surface area contributed by atoms with Gasteiger partial charge < -0.3 is 4.74 Å². The minimum atomic E-state index is -0.246. The molecule has 1 unspecified atom stereocenters. The lowest BCUT2D eigenvalue weighted by molar-refractivity contribution is -0.137. The van der Waals surface area contributed by atoms with Gasteiger partial charge in [0.2, 0.25) is 0 Å². The Labute approximate surface area is 137 Å². The Balaban J connectivity index is 2.20. The zero-order valence-electron chi connectivity index (χ0n) is 14.9. The predicted molar refractivity (Wildman–Crippen MR) is 93.7 cm³/mol. The highest BCUT2D eigenvalue weighted by Crippen LogP contribution is 2.32. The van der Waals surface area contributed by atoms with E-state index in [0.29, 0.717) is 6.61 Å². The van der Waals surface area contributed by atoms with Gasteiger partial charge in [0.15, 0.2) is 0 Å². The van der Waals surface area contributed by atoms with E-state index in [1.807, 2.05) is 19.9 Å². The zero-order chi connectivity index (χ0) is 16.4. The van der Waals surface area contributed by atoms with Crippen molar-refractivity contribution in [3.63, 3.8) is 0 Å². The molecule has 0 radical (unpaired) electrons. The van der Waals surface area contributed by atoms with Crippen LogP contribution in [0.25, 0.3) is 0 Å². The first kappa shape index (κ1) is 19.0. The SMILES string of the molecule is CCOC(=O)C=C(C)C=CCC(C)CCC1CCC(C)CC1. The molecule has 0 aliphatic heterocycles. The summed E-state index contributed by atoms with van der Waals surface area (Å²) in [6, 6.07) is 0. The van der Waals surface area contributed by atoms with Crippen molar-refractivity contribution in [2.75, 3.05) is 6.61 Å². The van der Waals surface area contributed by atoms with E-state index in [2.05, 4.69) is 19.9 Å². The number of rotatable bonds is 8. The van der Waals surface area contributed by atoms with E-state index < -0.39 is 0 Å². The van der Waals surface area contributed by atoms with Crippen LogP contribution in [0.3, 0.4) is 0 Å². The van der Waals surface area contributed by atoms with Crippen LogP contribution in [0.1, 0.15) is 72.6 Å². The van der Waals surface area contributed by atoms with E-state index in [4.69, 9.17) is 4.74 Å². The van der Waals surface area contributed by atoms with Crippen LogP contribution < -0.4 is 0 Å². The summed E-state index contributed by atoms with van der Waals surface area (Å²) in [5.41, 5.74) is 0.965. The third-order valence-corrected chi connectivity index (χ3v) is 4.75. The summed E-state index contributed by atoms with van der Waals surface area (Å²) in [5, 5.41) is 0. The molecule has 0 saturated heterocycles. The highest BCUT2D eigenvalue weighted by atomic mass is 16.5. The van der Waals surface area contributed by atoms with Gasteiger partial charge in [0.05, 0.1) is 6.61 Å². The molecule has 0 aromatic carbocycles. The van der Waals surface area contributed by atoms with Gasteiger partial charge in [-0.3, -0.25) is 0 Å². The van der Waals surface area contributed by atoms with Gasteiger partial charge in [-0.25, -0.2) is 4.79 Å². The van der Waals surface area contributed by atoms with Crippen LogP contribution in [0.5, 0.6) is 0 Å². The quantitative estimate of drug-likeness (QED) is 0.327. The standard InChI is InChI=1S/C20H34O2/c1-5-22-20(21)15-18(4)8-6-7-16(2)9-12-19-13-10-17(3)11-14-19/h6,8,15-17,19H,5,7,9-14H2,1-4H3. The van der Waals surface area contributed by atoms with Gasteiger partial charge in [0.1, 0.15) is 0 Å². The third kappa shape index (κ3) is 8.41. The molecule has 1 fully saturated rings. The summed E-state index contributed by atoms with van der Waals surface area (Å²) in [6.07, 6.45) is 15.3. The molecular weight excluding hydrogens is 272 g/mol. The molecule has 0 heterocycles. The fraction of sp³-hybridized carbons (Fsp3) is 0.750. The molecule has 0 amide bonds. The van der Waals surface area contributed by atoms with Gasteiger partial charge in [0, 0.05) is 6.08 Å². The summed E-state index contributed by atoms with van der Waals surface area (Å²) < 4.78 is 4.90. The molecule has 2 heteroatoms. The highest BCUT2D eigenvalue weighted by molar-refractivity contribution is 5.83. The summed E-state index contributed by atoms with van der Waals surface area (Å²) >= 11 is 0. The molecule has 22 heavy (non-hydrogen) atoms. The Bertz CT molecular complexity index is 373. The average molecular weight is 306 g/mol. The van der Waals surface area contributed by atoms with Crippen molar-refractivity contribution in [1.82, 2.24) is 0 Å². The van der Waals surface area contributed by atoms with Crippen LogP contribution in [0.15, 0.2) is 23.8 Å². The van der Waals surface area contributed by atoms with Crippen molar-refractivity contribution >= 4 is 5.97 Å². The molecule has 1 aliphatic rings. The maximum Gasteiger partial charge on any atom is 0.330 e. The molecule has 2 nitrogen and oxygen atoms in total. The summed E-state index contributed by atoms with van der Waals surface area (Å²) in [6.45, 7) is 8.92. The fourth-order valence-corrected chi connectivity index (χ4v) is 3.16. The van der Waals surface area contributed by atoms with Gasteiger partial charge in [0.25, 0.3) is 0 Å². The Morgan fingerprint density at radius 1 is 1.27 bits per heavy atom. The largest absolute Gasteiger partial charge is 0.463 e. The molecule has 0 bridgehead atoms. The topological polar surface area (TPSA) is 26.3 Å². The second-order valence-corrected chi connectivity index (χ2v) is 7.09. The first-order valence-corrected chi connectivity index (χ1v) is 9.02. The van der Waals surface area contributed by atoms with Crippen molar-refractivity contribution < 1.29 is 9.53 Å². The Morgan fingerprint density at radius 2 is 1.95 bits per heavy atom. The Morgan fingerprint density at radius 3 is 2.59 bits per heavy atom. The molecule has 126 valence electrons. The average Bonchev–Trinajstić information content (AvgIpc) is 2.46. The van der Waals surface area contributed by atoms with Crippen LogP contribution in [-0.2, 0) is 9.53 Å². The maximum absolute atomic E-state index is 11.3. The molecule has 1 atom stereocenters. The van der Waals surface area contributed by atoms with Crippen LogP contribution in [0.4, 0.5) is 0 Å². The van der Waals surface area contributed by atoms with Crippen LogP contribution in [0, 0.1) is 17.8 Å². The van der Waals surface area contributed by atoms with Crippen LogP contribution in [-0.4, -0.2) is 12.6 Å². The van der Waals surface area contributed by atoms with Crippen molar-refractivity contribution in [2.24, 2.45) is 17.8 Å². The number of hydrogen-bond acceptors (Lipinski definition) is 2. The summed E-state index contributed by atoms with van der Waals surface area (Å²) in [7, 11) is 0. The van der Waals surface area contributed by atoms with E-state index in [9.17, 15) is 4.79 Å². The van der Waals surface area contributed by atoms with Gasteiger partial charge in [-0.05, 0) is 43.6 Å². The molecule has 0 aromatic rings. The van der Waals surface area contributed by atoms with Gasteiger partial charge in [-0.2, -0.15) is 0 Å². The van der Waals surface area contributed by atoms with Crippen LogP contribution in [0.2, 0.25) is 0 Å². The normalized spacial score (nSPS) is 24.5. The zero-order valence-corrected chi connectivity index (χ0v) is 14.9. The number of carbonyl (C=O) groups excluding carboxylic acids is 1. The first-order valence-electron chi connectivity index (χ1n) is 9.02. The number of esters is 1. The summed E-state index contributed by atoms with van der Waals surface area (Å²) in [4.78, 5) is 11.3. The fourth-order valence-electron chi connectivity index (χ4n) is 3.16. The van der Waals surface area contributed by atoms with Crippen LogP contribution >= 0.6 is 0 Å². The number of hydrogen-bond donors (Lipinski definition) is 0. The lowest BCUT2D eigenvalue weighted by Crippen LogP contribution is -2.13. The van der Waals surface area contributed by atoms with E-state index in [1.54, 1.807) is 6.08 Å². The second-order valence-electron chi connectivity index (χ2n) is 7.09. The second kappa shape index (κ2) is 10.6. The Hall–Kier alpha value is -1.05. The molecule has 1 rings (SSSR count). The van der Waals surface area contributed by atoms with Crippen molar-refractivity contribution in [2.45, 2.75) is 72.6 Å². The highest BCUT2D eigenvalue weighted by Gasteiger charge is 2.18. The van der Waals surface area contributed by atoms with E-state index in [0.717, 1.165) is 29.7 Å². The number of carbonyl (C=O) groups is 1. The lowest BCUT2D eigenvalue weighted by Gasteiger charge is -2.26. The predicted octanol–water partition coefficient (Wildman–Crippen LogP) is 5.68. The minimum absolute atomic E-state index is 0.246. The molecule has 0 N–H and O–H groups in total. The molecule has 1 saturated carbocycles. The van der Waals surface area contributed by atoms with E-state index >= 15 is 0 Å². The van der Waals surface area contributed by atoms with Gasteiger partial charge >= 0.3 is 5.97 Å². The summed E-state index contributed by atoms with van der Waals surface area (Å²) in [5.74, 6) is 2.40. The van der Waals surface area contributed by atoms with Crippen molar-refractivity contribution in [3.05, 3.63) is 23.8 Å². The van der Waals surface area contributed by atoms with Gasteiger partial charge in [-0.15, -0.1) is 0 Å². The smallest absolute Gasteiger partial charge is 0.330 e. The minimum Gasteiger partial charge on any atom is -0.463 e. The number of ether oxygens (including phenoxy) is 1. The lowest BCUT2D eigenvalue weighted by atomic mass is 9.79. The molecule has 0 aromatic heterocycles. The molecule has 1 aliphatic carbocycles. The Kier molecular flexibility index (Phi) is 9.19. The van der Waals surface area contributed by atoms with Crippen molar-refractivity contribution in [3.8, 4) is 0 Å². The monoisotopic (exact) mass is 306 g/mol. The molecular formula is C20H34O2. The number of allylic oxidation sites excluding steroid dienone is 3. The van der Waals surface area contributed by atoms with Gasteiger partial charge in [-0.1, -0.05) is 64.5 Å². The first-order chi connectivity index (χ1) is 10.5. The molecule has 0 spiro atoms. The maximum atomic E-state index is 11.3. The third-order valence-electron chi connectivity index (χ3n) is 4.75. The van der Waals surface area contributed by atoms with E-state index in [-0.39, 0.29) is 5.97 Å².